The molecule has 0 radical (unpaired) electrons. The van der Waals surface area contributed by atoms with E-state index in [0.29, 0.717) is 0 Å². The average Bonchev–Trinajstić information content (AvgIpc) is 1.60. The molecule has 0 amide bonds. The third-order valence-electron chi connectivity index (χ3n) is 0.413. The van der Waals surface area contributed by atoms with Crippen LogP contribution in [-0.2, 0) is 13.4 Å². The molecular formula is CH6O7P2. The lowest BCUT2D eigenvalue weighted by atomic mass is 11.7. The summed E-state index contributed by atoms with van der Waals surface area (Å²) >= 11 is 0. The number of aliphatic hydroxyl groups excluding tert-OH is 1. The van der Waals surface area contributed by atoms with E-state index >= 15 is 0 Å². The second kappa shape index (κ2) is 3.11. The maximum atomic E-state index is 10.2. The highest BCUT2D eigenvalue weighted by molar-refractivity contribution is 7.63. The molecule has 0 rings (SSSR count). The first-order valence-electron chi connectivity index (χ1n) is 1.96. The lowest BCUT2D eigenvalue weighted by Crippen LogP contribution is -1.91. The zero-order chi connectivity index (χ0) is 8.41. The largest absolute Gasteiger partial charge is 0.476 e. The van der Waals surface area contributed by atoms with E-state index in [9.17, 15) is 9.13 Å². The summed E-state index contributed by atoms with van der Waals surface area (Å²) in [4.78, 5) is 24.1. The van der Waals surface area contributed by atoms with Gasteiger partial charge in [-0.3, -0.25) is 4.57 Å². The van der Waals surface area contributed by atoms with Crippen molar-refractivity contribution in [3.63, 3.8) is 0 Å². The molecule has 0 bridgehead atoms. The molecule has 0 aliphatic carbocycles. The number of phosphoric acid groups is 1. The van der Waals surface area contributed by atoms with Gasteiger partial charge in [-0.05, 0) is 0 Å². The molecule has 10 heavy (non-hydrogen) atoms. The topological polar surface area (TPSA) is 124 Å². The van der Waals surface area contributed by atoms with E-state index in [2.05, 4.69) is 4.31 Å². The van der Waals surface area contributed by atoms with Gasteiger partial charge in [-0.2, -0.15) is 0 Å². The van der Waals surface area contributed by atoms with E-state index in [1.807, 2.05) is 0 Å². The summed E-state index contributed by atoms with van der Waals surface area (Å²) in [7, 11) is -9.48. The quantitative estimate of drug-likeness (QED) is 0.432. The van der Waals surface area contributed by atoms with Crippen LogP contribution in [0.25, 0.3) is 0 Å². The van der Waals surface area contributed by atoms with Crippen molar-refractivity contribution in [1.29, 1.82) is 0 Å². The first kappa shape index (κ1) is 10.3. The van der Waals surface area contributed by atoms with Crippen molar-refractivity contribution in [2.24, 2.45) is 0 Å². The minimum Gasteiger partial charge on any atom is -0.384 e. The predicted molar refractivity (Wildman–Crippen MR) is 30.0 cm³/mol. The molecule has 0 aliphatic heterocycles. The van der Waals surface area contributed by atoms with Crippen molar-refractivity contribution >= 4 is 15.4 Å². The van der Waals surface area contributed by atoms with Gasteiger partial charge in [0, 0.05) is 0 Å². The monoisotopic (exact) mass is 192 g/mol. The summed E-state index contributed by atoms with van der Waals surface area (Å²) in [6.45, 7) is 0. The van der Waals surface area contributed by atoms with Gasteiger partial charge in [0.05, 0.1) is 0 Å². The van der Waals surface area contributed by atoms with Crippen molar-refractivity contribution in [2.45, 2.75) is 0 Å². The summed E-state index contributed by atoms with van der Waals surface area (Å²) in [5.41, 5.74) is 0. The summed E-state index contributed by atoms with van der Waals surface area (Å²) in [5, 5.41) is 7.98. The van der Waals surface area contributed by atoms with Crippen molar-refractivity contribution in [3.8, 4) is 0 Å². The smallest absolute Gasteiger partial charge is 0.384 e. The van der Waals surface area contributed by atoms with Crippen LogP contribution in [0.3, 0.4) is 0 Å². The zero-order valence-corrected chi connectivity index (χ0v) is 6.40. The molecule has 1 unspecified atom stereocenters. The van der Waals surface area contributed by atoms with Gasteiger partial charge in [0.15, 0.2) is 0 Å². The van der Waals surface area contributed by atoms with Gasteiger partial charge >= 0.3 is 15.4 Å². The normalized spacial score (nSPS) is 18.4. The Morgan fingerprint density at radius 3 is 1.70 bits per heavy atom. The third-order valence-corrected chi connectivity index (χ3v) is 2.64. The lowest BCUT2D eigenvalue weighted by molar-refractivity contribution is 0.241. The molecular weight excluding hydrogens is 186 g/mol. The molecule has 4 N–H and O–H groups in total. The van der Waals surface area contributed by atoms with Gasteiger partial charge in [-0.25, -0.2) is 8.88 Å². The van der Waals surface area contributed by atoms with Gasteiger partial charge in [0.2, 0.25) is 0 Å². The van der Waals surface area contributed by atoms with Crippen molar-refractivity contribution in [2.75, 3.05) is 6.35 Å². The standard InChI is InChI=1S/CH6O7P2/c2-1-9(3,4)8-10(5,6)7/h2H,1H2,(H,3,4)(H2,5,6,7). The Bertz CT molecular complexity index is 190. The highest BCUT2D eigenvalue weighted by atomic mass is 31.3. The first-order chi connectivity index (χ1) is 4.27. The van der Waals surface area contributed by atoms with Crippen LogP contribution in [0.15, 0.2) is 0 Å². The molecule has 0 aromatic heterocycles. The molecule has 0 saturated carbocycles. The van der Waals surface area contributed by atoms with E-state index < -0.39 is 21.8 Å². The molecule has 7 nitrogen and oxygen atoms in total. The minimum absolute atomic E-state index is 1.32. The maximum absolute atomic E-state index is 10.2. The molecule has 0 aliphatic rings. The number of hydrogen-bond donors (Lipinski definition) is 4. The summed E-state index contributed by atoms with van der Waals surface area (Å²) in [6.07, 6.45) is -1.32. The molecule has 1 atom stereocenters. The molecule has 9 heteroatoms. The van der Waals surface area contributed by atoms with Crippen molar-refractivity contribution in [1.82, 2.24) is 0 Å². The van der Waals surface area contributed by atoms with Gasteiger partial charge in [0.25, 0.3) is 0 Å². The number of hydrogen-bond acceptors (Lipinski definition) is 4. The summed E-state index contributed by atoms with van der Waals surface area (Å²) in [6, 6.07) is 0. The van der Waals surface area contributed by atoms with Crippen LogP contribution in [0, 0.1) is 0 Å². The van der Waals surface area contributed by atoms with Crippen LogP contribution in [0.4, 0.5) is 0 Å². The summed E-state index contributed by atoms with van der Waals surface area (Å²) in [5.74, 6) is 0. The number of rotatable bonds is 3. The SMILES string of the molecule is O=P(O)(O)OP(=O)(O)CO. The van der Waals surface area contributed by atoms with E-state index in [4.69, 9.17) is 19.8 Å². The first-order valence-corrected chi connectivity index (χ1v) is 5.26. The van der Waals surface area contributed by atoms with Gasteiger partial charge in [0.1, 0.15) is 6.35 Å². The van der Waals surface area contributed by atoms with Crippen LogP contribution in [-0.4, -0.2) is 26.1 Å². The fourth-order valence-electron chi connectivity index (χ4n) is 0.192. The van der Waals surface area contributed by atoms with Crippen LogP contribution >= 0.6 is 15.4 Å². The molecule has 0 aromatic rings. The Morgan fingerprint density at radius 2 is 1.60 bits per heavy atom. The highest BCUT2D eigenvalue weighted by Gasteiger charge is 2.29. The Balaban J connectivity index is 4.17. The molecule has 0 saturated heterocycles. The Labute approximate surface area is 56.0 Å². The number of aliphatic hydroxyl groups is 1. The predicted octanol–water partition coefficient (Wildman–Crippen LogP) is -0.769. The highest BCUT2D eigenvalue weighted by Crippen LogP contribution is 2.55. The van der Waals surface area contributed by atoms with Gasteiger partial charge in [-0.15, -0.1) is 0 Å². The minimum atomic E-state index is -4.98. The maximum Gasteiger partial charge on any atom is 0.476 e. The van der Waals surface area contributed by atoms with Crippen molar-refractivity contribution < 1.29 is 33.2 Å². The fraction of sp³-hybridized carbons (Fsp3) is 1.00. The van der Waals surface area contributed by atoms with Gasteiger partial charge < -0.3 is 19.8 Å². The molecule has 0 fully saturated rings. The Kier molecular flexibility index (Phi) is 3.19. The van der Waals surface area contributed by atoms with Gasteiger partial charge in [-0.1, -0.05) is 0 Å². The lowest BCUT2D eigenvalue weighted by Gasteiger charge is -2.08. The Morgan fingerprint density at radius 1 is 1.20 bits per heavy atom. The van der Waals surface area contributed by atoms with E-state index in [1.165, 1.54) is 0 Å². The van der Waals surface area contributed by atoms with Crippen molar-refractivity contribution in [3.05, 3.63) is 0 Å². The molecule has 0 aromatic carbocycles. The average molecular weight is 192 g/mol. The van der Waals surface area contributed by atoms with Crippen LogP contribution in [0.5, 0.6) is 0 Å². The Hall–Kier alpha value is 0.260. The van der Waals surface area contributed by atoms with Crippen LogP contribution in [0.2, 0.25) is 0 Å². The summed E-state index contributed by atoms with van der Waals surface area (Å²) < 4.78 is 23.3. The third kappa shape index (κ3) is 5.08. The van der Waals surface area contributed by atoms with Crippen LogP contribution < -0.4 is 0 Å². The van der Waals surface area contributed by atoms with E-state index in [-0.39, 0.29) is 0 Å². The second-order valence-corrected chi connectivity index (χ2v) is 4.54. The fourth-order valence-corrected chi connectivity index (χ4v) is 1.73. The molecule has 0 heterocycles. The molecule has 0 spiro atoms. The zero-order valence-electron chi connectivity index (χ0n) is 4.62. The second-order valence-electron chi connectivity index (χ2n) is 1.35. The van der Waals surface area contributed by atoms with Crippen LogP contribution in [0.1, 0.15) is 0 Å². The van der Waals surface area contributed by atoms with E-state index in [1.54, 1.807) is 0 Å². The van der Waals surface area contributed by atoms with E-state index in [0.717, 1.165) is 0 Å². The molecule has 62 valence electrons.